The van der Waals surface area contributed by atoms with Crippen molar-refractivity contribution < 1.29 is 4.74 Å². The molecule has 0 aliphatic carbocycles. The van der Waals surface area contributed by atoms with E-state index in [0.29, 0.717) is 0 Å². The topological polar surface area (TPSA) is 54.4 Å². The first-order valence-corrected chi connectivity index (χ1v) is 9.03. The maximum absolute atomic E-state index is 6.01. The molecule has 6 nitrogen and oxygen atoms in total. The molecule has 1 atom stereocenters. The zero-order valence-corrected chi connectivity index (χ0v) is 14.5. The zero-order valence-electron chi connectivity index (χ0n) is 14.5. The minimum atomic E-state index is 0.161. The number of piperidine rings is 1. The molecule has 2 aliphatic rings. The summed E-state index contributed by atoms with van der Waals surface area (Å²) in [6.07, 6.45) is 11.6. The zero-order chi connectivity index (χ0) is 17.0. The molecule has 0 bridgehead atoms. The van der Waals surface area contributed by atoms with Crippen LogP contribution in [-0.2, 0) is 11.3 Å². The molecule has 25 heavy (non-hydrogen) atoms. The summed E-state index contributed by atoms with van der Waals surface area (Å²) in [6, 6.07) is 4.17. The van der Waals surface area contributed by atoms with Crippen LogP contribution in [0.3, 0.4) is 0 Å². The van der Waals surface area contributed by atoms with E-state index in [2.05, 4.69) is 30.8 Å². The van der Waals surface area contributed by atoms with E-state index in [1.165, 1.54) is 18.4 Å². The van der Waals surface area contributed by atoms with Crippen LogP contribution in [0.5, 0.6) is 0 Å². The van der Waals surface area contributed by atoms with Crippen LogP contribution in [0.2, 0.25) is 0 Å². The Hall–Kier alpha value is -2.05. The van der Waals surface area contributed by atoms with E-state index in [1.807, 2.05) is 24.7 Å². The first kappa shape index (κ1) is 16.4. The molecule has 1 unspecified atom stereocenters. The van der Waals surface area contributed by atoms with Gasteiger partial charge < -0.3 is 9.64 Å². The van der Waals surface area contributed by atoms with Crippen LogP contribution in [0.15, 0.2) is 43.1 Å². The summed E-state index contributed by atoms with van der Waals surface area (Å²) < 4.78 is 6.01. The summed E-state index contributed by atoms with van der Waals surface area (Å²) in [5, 5.41) is 0. The van der Waals surface area contributed by atoms with Crippen molar-refractivity contribution >= 4 is 5.82 Å². The summed E-state index contributed by atoms with van der Waals surface area (Å²) in [5.41, 5.74) is 1.44. The third-order valence-electron chi connectivity index (χ3n) is 5.18. The molecule has 2 saturated heterocycles. The second kappa shape index (κ2) is 7.45. The summed E-state index contributed by atoms with van der Waals surface area (Å²) in [4.78, 5) is 17.9. The van der Waals surface area contributed by atoms with Crippen LogP contribution in [0.1, 0.15) is 18.4 Å². The molecule has 2 aromatic heterocycles. The van der Waals surface area contributed by atoms with Gasteiger partial charge in [-0.05, 0) is 31.0 Å². The van der Waals surface area contributed by atoms with Crippen molar-refractivity contribution in [1.29, 1.82) is 0 Å². The van der Waals surface area contributed by atoms with Gasteiger partial charge in [0.25, 0.3) is 0 Å². The lowest BCUT2D eigenvalue weighted by molar-refractivity contribution is 0.0106. The summed E-state index contributed by atoms with van der Waals surface area (Å²) in [7, 11) is 0. The Morgan fingerprint density at radius 3 is 2.88 bits per heavy atom. The number of hydrogen-bond acceptors (Lipinski definition) is 6. The highest BCUT2D eigenvalue weighted by Crippen LogP contribution is 2.34. The van der Waals surface area contributed by atoms with Crippen LogP contribution in [0.4, 0.5) is 5.82 Å². The van der Waals surface area contributed by atoms with Crippen molar-refractivity contribution in [1.82, 2.24) is 19.9 Å². The third-order valence-corrected chi connectivity index (χ3v) is 5.18. The second-order valence-electron chi connectivity index (χ2n) is 7.21. The Morgan fingerprint density at radius 2 is 2.04 bits per heavy atom. The molecule has 2 aliphatic heterocycles. The van der Waals surface area contributed by atoms with Crippen molar-refractivity contribution in [3.63, 3.8) is 0 Å². The maximum Gasteiger partial charge on any atom is 0.147 e. The minimum Gasteiger partial charge on any atom is -0.379 e. The van der Waals surface area contributed by atoms with Crippen LogP contribution >= 0.6 is 0 Å². The number of rotatable bonds is 3. The van der Waals surface area contributed by atoms with Gasteiger partial charge >= 0.3 is 0 Å². The normalized spacial score (nSPS) is 25.0. The van der Waals surface area contributed by atoms with E-state index >= 15 is 0 Å². The molecule has 0 radical (unpaired) electrons. The minimum absolute atomic E-state index is 0.161. The van der Waals surface area contributed by atoms with E-state index in [-0.39, 0.29) is 5.41 Å². The predicted octanol–water partition coefficient (Wildman–Crippen LogP) is 1.99. The van der Waals surface area contributed by atoms with Crippen molar-refractivity contribution in [3.8, 4) is 0 Å². The average molecular weight is 339 g/mol. The fourth-order valence-corrected chi connectivity index (χ4v) is 4.08. The van der Waals surface area contributed by atoms with Crippen LogP contribution in [0, 0.1) is 5.41 Å². The number of aromatic nitrogens is 3. The standard InChI is InChI=1S/C19H25N5O/c1-3-17(11-20-5-1)13-23-8-2-4-19(14-23)15-24(9-10-25-16-19)18-12-21-6-7-22-18/h1,3,5-7,11-12H,2,4,8-10,13-16H2. The van der Waals surface area contributed by atoms with Crippen molar-refractivity contribution in [2.75, 3.05) is 44.3 Å². The van der Waals surface area contributed by atoms with Crippen molar-refractivity contribution in [2.45, 2.75) is 19.4 Å². The van der Waals surface area contributed by atoms with E-state index in [9.17, 15) is 0 Å². The number of likely N-dealkylation sites (tertiary alicyclic amines) is 1. The molecule has 0 aromatic carbocycles. The molecule has 6 heteroatoms. The van der Waals surface area contributed by atoms with E-state index in [1.54, 1.807) is 12.4 Å². The largest absolute Gasteiger partial charge is 0.379 e. The van der Waals surface area contributed by atoms with Crippen LogP contribution in [0.25, 0.3) is 0 Å². The highest BCUT2D eigenvalue weighted by atomic mass is 16.5. The fourth-order valence-electron chi connectivity index (χ4n) is 4.08. The molecule has 1 spiro atoms. The van der Waals surface area contributed by atoms with E-state index < -0.39 is 0 Å². The van der Waals surface area contributed by atoms with Crippen LogP contribution < -0.4 is 4.90 Å². The second-order valence-corrected chi connectivity index (χ2v) is 7.21. The summed E-state index contributed by atoms with van der Waals surface area (Å²) in [5.74, 6) is 0.955. The van der Waals surface area contributed by atoms with Gasteiger partial charge in [0.2, 0.25) is 0 Å². The Bertz CT molecular complexity index is 668. The van der Waals surface area contributed by atoms with Gasteiger partial charge in [0.15, 0.2) is 0 Å². The number of anilines is 1. The van der Waals surface area contributed by atoms with Gasteiger partial charge in [0.05, 0.1) is 19.4 Å². The lowest BCUT2D eigenvalue weighted by atomic mass is 9.80. The van der Waals surface area contributed by atoms with Gasteiger partial charge in [-0.3, -0.25) is 14.9 Å². The molecule has 0 N–H and O–H groups in total. The predicted molar refractivity (Wildman–Crippen MR) is 96.2 cm³/mol. The molecule has 2 fully saturated rings. The van der Waals surface area contributed by atoms with E-state index in [0.717, 1.165) is 51.8 Å². The molecular weight excluding hydrogens is 314 g/mol. The maximum atomic E-state index is 6.01. The molecule has 0 saturated carbocycles. The number of nitrogens with zero attached hydrogens (tertiary/aromatic N) is 5. The van der Waals surface area contributed by atoms with Gasteiger partial charge in [0, 0.05) is 56.4 Å². The quantitative estimate of drug-likeness (QED) is 0.852. The summed E-state index contributed by atoms with van der Waals surface area (Å²) >= 11 is 0. The lowest BCUT2D eigenvalue weighted by Crippen LogP contribution is -2.50. The molecule has 0 amide bonds. The smallest absolute Gasteiger partial charge is 0.147 e. The highest BCUT2D eigenvalue weighted by molar-refractivity contribution is 5.36. The highest BCUT2D eigenvalue weighted by Gasteiger charge is 2.39. The Labute approximate surface area is 148 Å². The lowest BCUT2D eigenvalue weighted by Gasteiger charge is -2.43. The van der Waals surface area contributed by atoms with Gasteiger partial charge in [-0.15, -0.1) is 0 Å². The Balaban J connectivity index is 1.49. The monoisotopic (exact) mass is 339 g/mol. The average Bonchev–Trinajstić information content (AvgIpc) is 2.86. The van der Waals surface area contributed by atoms with Gasteiger partial charge in [-0.1, -0.05) is 6.07 Å². The number of ether oxygens (including phenoxy) is 1. The molecule has 4 rings (SSSR count). The van der Waals surface area contributed by atoms with Gasteiger partial charge in [-0.2, -0.15) is 0 Å². The van der Waals surface area contributed by atoms with Gasteiger partial charge in [0.1, 0.15) is 5.82 Å². The Kier molecular flexibility index (Phi) is 4.90. The molecule has 4 heterocycles. The SMILES string of the molecule is c1cncc(CN2CCCC3(COCCN(c4cnccn4)C3)C2)c1. The molecule has 2 aromatic rings. The Morgan fingerprint density at radius 1 is 1.08 bits per heavy atom. The molecular formula is C19H25N5O. The van der Waals surface area contributed by atoms with Crippen molar-refractivity contribution in [2.24, 2.45) is 5.41 Å². The number of hydrogen-bond donors (Lipinski definition) is 0. The molecule has 132 valence electrons. The van der Waals surface area contributed by atoms with Crippen molar-refractivity contribution in [3.05, 3.63) is 48.7 Å². The summed E-state index contributed by atoms with van der Waals surface area (Å²) in [6.45, 7) is 6.59. The number of pyridine rings is 1. The first-order valence-electron chi connectivity index (χ1n) is 9.03. The van der Waals surface area contributed by atoms with E-state index in [4.69, 9.17) is 4.74 Å². The first-order chi connectivity index (χ1) is 12.3. The van der Waals surface area contributed by atoms with Gasteiger partial charge in [-0.25, -0.2) is 4.98 Å². The fraction of sp³-hybridized carbons (Fsp3) is 0.526. The van der Waals surface area contributed by atoms with Crippen LogP contribution in [-0.4, -0.2) is 59.2 Å². The third kappa shape index (κ3) is 3.96.